The van der Waals surface area contributed by atoms with Gasteiger partial charge >= 0.3 is 23.2 Å². The van der Waals surface area contributed by atoms with Gasteiger partial charge in [0.2, 0.25) is 5.91 Å². The van der Waals surface area contributed by atoms with Crippen LogP contribution in [0, 0.1) is 10.1 Å². The molecule has 0 radical (unpaired) electrons. The van der Waals surface area contributed by atoms with Crippen LogP contribution in [0.3, 0.4) is 0 Å². The van der Waals surface area contributed by atoms with E-state index in [1.165, 1.54) is 11.3 Å². The minimum atomic E-state index is -1.09. The van der Waals surface area contributed by atoms with E-state index in [-0.39, 0.29) is 5.56 Å². The molecular weight excluding hydrogens is 392 g/mol. The molecule has 0 aliphatic heterocycles. The van der Waals surface area contributed by atoms with Gasteiger partial charge in [0, 0.05) is 23.7 Å². The molecule has 0 fully saturated rings. The maximum Gasteiger partial charge on any atom is 0.339 e. The molecule has 28 heavy (non-hydrogen) atoms. The van der Waals surface area contributed by atoms with Gasteiger partial charge in [-0.05, 0) is 17.9 Å². The van der Waals surface area contributed by atoms with E-state index in [9.17, 15) is 29.3 Å². The van der Waals surface area contributed by atoms with Crippen LogP contribution >= 0.6 is 11.3 Å². The average Bonchev–Trinajstić information content (AvgIpc) is 3.15. The number of ether oxygens (including phenoxy) is 1. The van der Waals surface area contributed by atoms with Crippen LogP contribution in [0.1, 0.15) is 15.2 Å². The van der Waals surface area contributed by atoms with Gasteiger partial charge in [-0.2, -0.15) is 0 Å². The van der Waals surface area contributed by atoms with Gasteiger partial charge in [0.1, 0.15) is 6.54 Å². The SMILES string of the molecule is COC(=O)c1cc([N+](=O)[O-])c(=O)n(CC(=O)NC(=O)NCCc2cccs2)c1. The van der Waals surface area contributed by atoms with Crippen molar-refractivity contribution in [2.75, 3.05) is 13.7 Å². The van der Waals surface area contributed by atoms with Gasteiger partial charge in [-0.3, -0.25) is 29.6 Å². The predicted molar refractivity (Wildman–Crippen MR) is 98.3 cm³/mol. The number of amides is 3. The third-order valence-electron chi connectivity index (χ3n) is 3.49. The number of esters is 1. The van der Waals surface area contributed by atoms with E-state index in [0.717, 1.165) is 24.3 Å². The average molecular weight is 408 g/mol. The lowest BCUT2D eigenvalue weighted by molar-refractivity contribution is -0.386. The summed E-state index contributed by atoms with van der Waals surface area (Å²) in [6.45, 7) is -0.397. The number of imide groups is 1. The molecule has 0 unspecified atom stereocenters. The van der Waals surface area contributed by atoms with Crippen molar-refractivity contribution >= 4 is 34.9 Å². The monoisotopic (exact) mass is 408 g/mol. The Hall–Kier alpha value is -3.54. The number of nitro groups is 1. The molecule has 2 aromatic rings. The Balaban J connectivity index is 2.02. The molecule has 0 atom stereocenters. The van der Waals surface area contributed by atoms with E-state index < -0.39 is 40.6 Å². The first-order chi connectivity index (χ1) is 13.3. The van der Waals surface area contributed by atoms with E-state index in [0.29, 0.717) is 17.5 Å². The zero-order valence-electron chi connectivity index (χ0n) is 14.7. The normalized spacial score (nSPS) is 10.2. The standard InChI is InChI=1S/C16H16N4O7S/c1-27-15(23)10-7-12(20(25)26)14(22)19(8-10)9-13(21)18-16(24)17-5-4-11-3-2-6-28-11/h2-3,6-8H,4-5,9H2,1H3,(H2,17,18,21,24). The number of nitrogens with zero attached hydrogens (tertiary/aromatic N) is 2. The van der Waals surface area contributed by atoms with Crippen LogP contribution in [0.4, 0.5) is 10.5 Å². The molecule has 3 amide bonds. The lowest BCUT2D eigenvalue weighted by Crippen LogP contribution is -2.42. The summed E-state index contributed by atoms with van der Waals surface area (Å²) in [6, 6.07) is 3.78. The maximum atomic E-state index is 12.1. The third-order valence-corrected chi connectivity index (χ3v) is 4.43. The van der Waals surface area contributed by atoms with Crippen molar-refractivity contribution in [3.05, 3.63) is 60.7 Å². The molecule has 0 aliphatic carbocycles. The molecule has 0 saturated carbocycles. The number of methoxy groups -OCH3 is 1. The summed E-state index contributed by atoms with van der Waals surface area (Å²) in [5.74, 6) is -1.80. The summed E-state index contributed by atoms with van der Waals surface area (Å²) in [4.78, 5) is 58.5. The van der Waals surface area contributed by atoms with Crippen molar-refractivity contribution < 1.29 is 24.0 Å². The molecule has 2 N–H and O–H groups in total. The van der Waals surface area contributed by atoms with Crippen LogP contribution in [0.5, 0.6) is 0 Å². The van der Waals surface area contributed by atoms with Crippen LogP contribution in [-0.4, -0.2) is 41.1 Å². The van der Waals surface area contributed by atoms with Gasteiger partial charge in [0.25, 0.3) is 0 Å². The number of hydrogen-bond donors (Lipinski definition) is 2. The number of urea groups is 1. The minimum absolute atomic E-state index is 0.276. The number of carbonyl (C=O) groups excluding carboxylic acids is 3. The van der Waals surface area contributed by atoms with Crippen LogP contribution in [0.25, 0.3) is 0 Å². The summed E-state index contributed by atoms with van der Waals surface area (Å²) >= 11 is 1.53. The second-order valence-corrected chi connectivity index (χ2v) is 6.46. The van der Waals surface area contributed by atoms with Crippen LogP contribution in [0.2, 0.25) is 0 Å². The van der Waals surface area contributed by atoms with Crippen LogP contribution in [0.15, 0.2) is 34.6 Å². The zero-order valence-corrected chi connectivity index (χ0v) is 15.5. The van der Waals surface area contributed by atoms with Crippen LogP contribution in [-0.2, 0) is 22.5 Å². The Bertz CT molecular complexity index is 952. The highest BCUT2D eigenvalue weighted by molar-refractivity contribution is 7.09. The van der Waals surface area contributed by atoms with Crippen LogP contribution < -0.4 is 16.2 Å². The van der Waals surface area contributed by atoms with Crippen molar-refractivity contribution in [1.29, 1.82) is 0 Å². The van der Waals surface area contributed by atoms with Gasteiger partial charge in [0.15, 0.2) is 0 Å². The van der Waals surface area contributed by atoms with E-state index in [1.807, 2.05) is 22.8 Å². The Kier molecular flexibility index (Phi) is 6.98. The largest absolute Gasteiger partial charge is 0.465 e. The molecule has 0 aromatic carbocycles. The topological polar surface area (TPSA) is 150 Å². The number of carbonyl (C=O) groups is 3. The Morgan fingerprint density at radius 1 is 1.36 bits per heavy atom. The van der Waals surface area contributed by atoms with E-state index in [1.54, 1.807) is 0 Å². The Labute approximate surface area is 162 Å². The Morgan fingerprint density at radius 3 is 2.71 bits per heavy atom. The Morgan fingerprint density at radius 2 is 2.11 bits per heavy atom. The molecule has 148 valence electrons. The lowest BCUT2D eigenvalue weighted by Gasteiger charge is -2.09. The summed E-state index contributed by atoms with van der Waals surface area (Å²) < 4.78 is 5.13. The highest BCUT2D eigenvalue weighted by Gasteiger charge is 2.21. The predicted octanol–water partition coefficient (Wildman–Crippen LogP) is 0.673. The van der Waals surface area contributed by atoms with Gasteiger partial charge in [0.05, 0.1) is 17.6 Å². The zero-order chi connectivity index (χ0) is 20.7. The van der Waals surface area contributed by atoms with Crippen molar-refractivity contribution in [2.45, 2.75) is 13.0 Å². The lowest BCUT2D eigenvalue weighted by atomic mass is 10.2. The fourth-order valence-electron chi connectivity index (χ4n) is 2.22. The number of aromatic nitrogens is 1. The first-order valence-corrected chi connectivity index (χ1v) is 8.77. The first-order valence-electron chi connectivity index (χ1n) is 7.89. The van der Waals surface area contributed by atoms with Crippen molar-refractivity contribution in [3.63, 3.8) is 0 Å². The number of hydrogen-bond acceptors (Lipinski definition) is 8. The smallest absolute Gasteiger partial charge is 0.339 e. The van der Waals surface area contributed by atoms with Crippen molar-refractivity contribution in [3.8, 4) is 0 Å². The second kappa shape index (κ2) is 9.41. The van der Waals surface area contributed by atoms with Gasteiger partial charge in [-0.1, -0.05) is 6.07 Å². The molecule has 2 heterocycles. The maximum absolute atomic E-state index is 12.1. The fraction of sp³-hybridized carbons (Fsp3) is 0.250. The highest BCUT2D eigenvalue weighted by Crippen LogP contribution is 2.09. The first kappa shape index (κ1) is 20.8. The number of pyridine rings is 1. The third kappa shape index (κ3) is 5.48. The van der Waals surface area contributed by atoms with E-state index >= 15 is 0 Å². The molecule has 12 heteroatoms. The molecule has 11 nitrogen and oxygen atoms in total. The molecule has 2 aromatic heterocycles. The summed E-state index contributed by atoms with van der Waals surface area (Å²) in [5.41, 5.74) is -2.26. The van der Waals surface area contributed by atoms with Gasteiger partial charge in [-0.15, -0.1) is 11.3 Å². The summed E-state index contributed by atoms with van der Waals surface area (Å²) in [6.07, 6.45) is 1.54. The molecule has 0 bridgehead atoms. The molecule has 2 rings (SSSR count). The van der Waals surface area contributed by atoms with Crippen molar-refractivity contribution in [1.82, 2.24) is 15.2 Å². The molecule has 0 saturated heterocycles. The van der Waals surface area contributed by atoms with E-state index in [2.05, 4.69) is 10.1 Å². The number of rotatable bonds is 7. The van der Waals surface area contributed by atoms with E-state index in [4.69, 9.17) is 0 Å². The molecule has 0 aliphatic rings. The number of nitrogens with one attached hydrogen (secondary N) is 2. The van der Waals surface area contributed by atoms with Gasteiger partial charge in [-0.25, -0.2) is 9.59 Å². The quantitative estimate of drug-likeness (QED) is 0.388. The summed E-state index contributed by atoms with van der Waals surface area (Å²) in [5, 5.41) is 17.4. The minimum Gasteiger partial charge on any atom is -0.465 e. The van der Waals surface area contributed by atoms with Gasteiger partial charge < -0.3 is 10.1 Å². The highest BCUT2D eigenvalue weighted by atomic mass is 32.1. The second-order valence-electron chi connectivity index (χ2n) is 5.43. The molecular formula is C16H16N4O7S. The molecule has 0 spiro atoms. The summed E-state index contributed by atoms with van der Waals surface area (Å²) in [7, 11) is 1.07. The number of thiophene rings is 1. The van der Waals surface area contributed by atoms with Crippen molar-refractivity contribution in [2.24, 2.45) is 0 Å². The fourth-order valence-corrected chi connectivity index (χ4v) is 2.93.